The van der Waals surface area contributed by atoms with Crippen LogP contribution in [-0.4, -0.2) is 39.8 Å². The van der Waals surface area contributed by atoms with Gasteiger partial charge in [-0.1, -0.05) is 29.8 Å². The van der Waals surface area contributed by atoms with E-state index in [2.05, 4.69) is 5.32 Å². The smallest absolute Gasteiger partial charge is 0.255 e. The van der Waals surface area contributed by atoms with Crippen molar-refractivity contribution >= 4 is 32.6 Å². The van der Waals surface area contributed by atoms with Crippen molar-refractivity contribution in [2.45, 2.75) is 39.4 Å². The third kappa shape index (κ3) is 3.89. The molecule has 0 fully saturated rings. The van der Waals surface area contributed by atoms with Crippen LogP contribution in [0.25, 0.3) is 22.3 Å². The number of benzene rings is 2. The Balaban J connectivity index is 2.03. The number of nitrogens with zero attached hydrogens (tertiary/aromatic N) is 1. The first kappa shape index (κ1) is 22.4. The number of rotatable bonds is 3. The number of carbonyl (C=O) groups excluding carboxylic acids is 1. The van der Waals surface area contributed by atoms with Gasteiger partial charge in [0, 0.05) is 29.6 Å². The second-order valence-electron chi connectivity index (χ2n) is 8.95. The molecule has 0 aliphatic carbocycles. The normalized spacial score (nSPS) is 18.3. The van der Waals surface area contributed by atoms with E-state index in [0.29, 0.717) is 33.5 Å². The predicted octanol–water partition coefficient (Wildman–Crippen LogP) is 4.40. The van der Waals surface area contributed by atoms with Gasteiger partial charge in [-0.15, -0.1) is 0 Å². The highest BCUT2D eigenvalue weighted by atomic mass is 32.2. The first-order valence-electron chi connectivity index (χ1n) is 10.5. The lowest BCUT2D eigenvalue weighted by atomic mass is 10.00. The fourth-order valence-electron chi connectivity index (χ4n) is 4.26. The van der Waals surface area contributed by atoms with Crippen LogP contribution in [0.15, 0.2) is 40.8 Å². The van der Waals surface area contributed by atoms with E-state index in [1.807, 2.05) is 58.0 Å². The minimum absolute atomic E-state index is 0.169. The molecule has 1 aromatic heterocycles. The molecule has 1 aliphatic heterocycles. The highest BCUT2D eigenvalue weighted by Crippen LogP contribution is 2.43. The maximum absolute atomic E-state index is 12.9. The molecule has 1 amide bonds. The summed E-state index contributed by atoms with van der Waals surface area (Å²) in [5.41, 5.74) is 3.22. The molecular formula is C24H28N2O5S. The number of ether oxygens (including phenoxy) is 1. The van der Waals surface area contributed by atoms with Gasteiger partial charge in [0.1, 0.15) is 11.3 Å². The van der Waals surface area contributed by atoms with Crippen LogP contribution >= 0.6 is 0 Å². The number of sulfonamides is 1. The summed E-state index contributed by atoms with van der Waals surface area (Å²) in [6.07, 6.45) is 0.800. The lowest BCUT2D eigenvalue weighted by molar-refractivity contribution is -0.0542. The van der Waals surface area contributed by atoms with Crippen LogP contribution in [0.4, 0.5) is 5.69 Å². The van der Waals surface area contributed by atoms with E-state index in [9.17, 15) is 13.2 Å². The predicted molar refractivity (Wildman–Crippen MR) is 126 cm³/mol. The summed E-state index contributed by atoms with van der Waals surface area (Å²) in [6, 6.07) is 11.2. The molecular weight excluding hydrogens is 428 g/mol. The van der Waals surface area contributed by atoms with Crippen molar-refractivity contribution in [2.75, 3.05) is 24.2 Å². The van der Waals surface area contributed by atoms with E-state index in [1.54, 1.807) is 13.1 Å². The largest absolute Gasteiger partial charge is 0.455 e. The van der Waals surface area contributed by atoms with Crippen LogP contribution in [-0.2, 0) is 14.8 Å². The molecule has 1 aliphatic rings. The van der Waals surface area contributed by atoms with E-state index < -0.39 is 15.6 Å². The molecule has 0 spiro atoms. The number of amides is 1. The molecule has 0 saturated heterocycles. The first-order chi connectivity index (χ1) is 14.9. The number of aryl methyl sites for hydroxylation is 1. The molecule has 2 aromatic carbocycles. The van der Waals surface area contributed by atoms with Crippen LogP contribution < -0.4 is 9.62 Å². The Morgan fingerprint density at radius 1 is 1.19 bits per heavy atom. The van der Waals surface area contributed by atoms with Gasteiger partial charge in [0.2, 0.25) is 10.0 Å². The van der Waals surface area contributed by atoms with Crippen molar-refractivity contribution in [3.8, 4) is 11.3 Å². The highest BCUT2D eigenvalue weighted by Gasteiger charge is 2.37. The van der Waals surface area contributed by atoms with Gasteiger partial charge in [-0.25, -0.2) is 8.42 Å². The molecule has 1 atom stereocenters. The average molecular weight is 457 g/mol. The highest BCUT2D eigenvalue weighted by molar-refractivity contribution is 7.92. The van der Waals surface area contributed by atoms with Crippen LogP contribution in [0.1, 0.15) is 48.4 Å². The van der Waals surface area contributed by atoms with Gasteiger partial charge < -0.3 is 14.5 Å². The van der Waals surface area contributed by atoms with Crippen LogP contribution in [0.3, 0.4) is 0 Å². The van der Waals surface area contributed by atoms with E-state index in [0.717, 1.165) is 11.1 Å². The Kier molecular flexibility index (Phi) is 5.33. The van der Waals surface area contributed by atoms with Crippen LogP contribution in [0.5, 0.6) is 0 Å². The molecule has 7 nitrogen and oxygen atoms in total. The van der Waals surface area contributed by atoms with Crippen LogP contribution in [0, 0.1) is 6.92 Å². The first-order valence-corrected chi connectivity index (χ1v) is 12.3. The topological polar surface area (TPSA) is 88.8 Å². The third-order valence-electron chi connectivity index (χ3n) is 5.73. The SMILES string of the molecule is CNC(=O)c1c(-c2ccc(C)cc2)oc2cc3c(cc12)[C@H](C)OC(C)(C)CN3S(C)(=O)=O. The van der Waals surface area contributed by atoms with Crippen molar-refractivity contribution in [2.24, 2.45) is 0 Å². The maximum atomic E-state index is 12.9. The van der Waals surface area contributed by atoms with Crippen molar-refractivity contribution in [3.05, 3.63) is 53.1 Å². The van der Waals surface area contributed by atoms with Gasteiger partial charge in [0.25, 0.3) is 5.91 Å². The zero-order chi connectivity index (χ0) is 23.4. The fraction of sp³-hybridized carbons (Fsp3) is 0.375. The number of fused-ring (bicyclic) bond motifs is 2. The lowest BCUT2D eigenvalue weighted by Crippen LogP contribution is -2.42. The van der Waals surface area contributed by atoms with Crippen molar-refractivity contribution < 1.29 is 22.4 Å². The van der Waals surface area contributed by atoms with Gasteiger partial charge in [-0.05, 0) is 33.8 Å². The quantitative estimate of drug-likeness (QED) is 0.631. The lowest BCUT2D eigenvalue weighted by Gasteiger charge is -2.30. The summed E-state index contributed by atoms with van der Waals surface area (Å²) >= 11 is 0. The Labute approximate surface area is 188 Å². The molecule has 0 unspecified atom stereocenters. The number of hydrogen-bond acceptors (Lipinski definition) is 5. The average Bonchev–Trinajstić information content (AvgIpc) is 3.03. The van der Waals surface area contributed by atoms with Gasteiger partial charge in [-0.3, -0.25) is 9.10 Å². The fourth-order valence-corrected chi connectivity index (χ4v) is 5.32. The zero-order valence-corrected chi connectivity index (χ0v) is 20.0. The zero-order valence-electron chi connectivity index (χ0n) is 19.1. The van der Waals surface area contributed by atoms with Gasteiger partial charge in [0.05, 0.1) is 35.8 Å². The van der Waals surface area contributed by atoms with E-state index in [4.69, 9.17) is 9.15 Å². The molecule has 3 aromatic rings. The molecule has 0 radical (unpaired) electrons. The molecule has 4 rings (SSSR count). The Morgan fingerprint density at radius 2 is 1.84 bits per heavy atom. The number of furan rings is 1. The molecule has 32 heavy (non-hydrogen) atoms. The second-order valence-corrected chi connectivity index (χ2v) is 10.9. The number of anilines is 1. The monoisotopic (exact) mass is 456 g/mol. The summed E-state index contributed by atoms with van der Waals surface area (Å²) < 4.78 is 39.1. The molecule has 0 bridgehead atoms. The van der Waals surface area contributed by atoms with E-state index >= 15 is 0 Å². The van der Waals surface area contributed by atoms with Gasteiger partial charge in [0.15, 0.2) is 0 Å². The van der Waals surface area contributed by atoms with E-state index in [1.165, 1.54) is 10.6 Å². The number of nitrogens with one attached hydrogen (secondary N) is 1. The molecule has 0 saturated carbocycles. The molecule has 2 heterocycles. The summed E-state index contributed by atoms with van der Waals surface area (Å²) in [5, 5.41) is 3.31. The molecule has 1 N–H and O–H groups in total. The van der Waals surface area contributed by atoms with E-state index in [-0.39, 0.29) is 18.6 Å². The third-order valence-corrected chi connectivity index (χ3v) is 6.86. The molecule has 170 valence electrons. The minimum atomic E-state index is -3.57. The maximum Gasteiger partial charge on any atom is 0.255 e. The Hall–Kier alpha value is -2.84. The molecule has 8 heteroatoms. The van der Waals surface area contributed by atoms with Crippen molar-refractivity contribution in [1.29, 1.82) is 0 Å². The Morgan fingerprint density at radius 3 is 2.44 bits per heavy atom. The van der Waals surface area contributed by atoms with Crippen molar-refractivity contribution in [1.82, 2.24) is 5.32 Å². The van der Waals surface area contributed by atoms with Gasteiger partial charge >= 0.3 is 0 Å². The number of carbonyl (C=O) groups is 1. The summed E-state index contributed by atoms with van der Waals surface area (Å²) in [7, 11) is -2.00. The number of hydrogen-bond donors (Lipinski definition) is 1. The van der Waals surface area contributed by atoms with Crippen LogP contribution in [0.2, 0.25) is 0 Å². The minimum Gasteiger partial charge on any atom is -0.455 e. The van der Waals surface area contributed by atoms with Crippen molar-refractivity contribution in [3.63, 3.8) is 0 Å². The Bertz CT molecular complexity index is 1310. The van der Waals surface area contributed by atoms with Gasteiger partial charge in [-0.2, -0.15) is 0 Å². The standard InChI is InChI=1S/C24H28N2O5S/c1-14-7-9-16(10-8-14)22-21(23(27)25-5)18-11-17-15(2)31-24(3,4)13-26(32(6,28)29)19(17)12-20(18)30-22/h7-12,15H,13H2,1-6H3,(H,25,27)/t15-/m0/s1. The summed E-state index contributed by atoms with van der Waals surface area (Å²) in [4.78, 5) is 12.9. The summed E-state index contributed by atoms with van der Waals surface area (Å²) in [5.74, 6) is 0.168. The second kappa shape index (κ2) is 7.64. The summed E-state index contributed by atoms with van der Waals surface area (Å²) in [6.45, 7) is 7.77.